The zero-order chi connectivity index (χ0) is 20.1. The van der Waals surface area contributed by atoms with E-state index >= 15 is 0 Å². The second-order valence-corrected chi connectivity index (χ2v) is 6.33. The molecule has 3 rings (SSSR count). The van der Waals surface area contributed by atoms with Crippen LogP contribution in [0.3, 0.4) is 0 Å². The highest BCUT2D eigenvalue weighted by atomic mass is 16.5. The smallest absolute Gasteiger partial charge is 0.338 e. The van der Waals surface area contributed by atoms with E-state index in [4.69, 9.17) is 9.47 Å². The number of aryl methyl sites for hydroxylation is 1. The molecule has 0 aliphatic heterocycles. The maximum Gasteiger partial charge on any atom is 0.338 e. The molecule has 28 heavy (non-hydrogen) atoms. The summed E-state index contributed by atoms with van der Waals surface area (Å²) in [5.41, 5.74) is 0.897. The van der Waals surface area contributed by atoms with E-state index in [1.165, 1.54) is 4.68 Å². The monoisotopic (exact) mass is 382 g/mol. The summed E-state index contributed by atoms with van der Waals surface area (Å²) in [5.74, 6) is 0.105. The molecule has 2 aromatic carbocycles. The topological polar surface area (TPSA) is 90.7 Å². The first-order valence-electron chi connectivity index (χ1n) is 9.04. The lowest BCUT2D eigenvalue weighted by Crippen LogP contribution is -2.32. The van der Waals surface area contributed by atoms with E-state index in [1.54, 1.807) is 43.3 Å². The molecular formula is C21H22N2O5. The van der Waals surface area contributed by atoms with E-state index < -0.39 is 12.1 Å². The number of esters is 1. The minimum Gasteiger partial charge on any atom is -0.491 e. The summed E-state index contributed by atoms with van der Waals surface area (Å²) in [6, 6.07) is 13.7. The Hall–Kier alpha value is -3.19. The van der Waals surface area contributed by atoms with Gasteiger partial charge in [0.1, 0.15) is 18.5 Å². The Balaban J connectivity index is 1.64. The number of aromatic nitrogens is 2. The maximum atomic E-state index is 12.5. The number of ether oxygens (including phenoxy) is 2. The van der Waals surface area contributed by atoms with Gasteiger partial charge in [-0.15, -0.1) is 0 Å². The minimum atomic E-state index is -0.921. The highest BCUT2D eigenvalue weighted by Crippen LogP contribution is 2.14. The van der Waals surface area contributed by atoms with Crippen LogP contribution in [-0.2, 0) is 11.3 Å². The summed E-state index contributed by atoms with van der Waals surface area (Å²) >= 11 is 0. The van der Waals surface area contributed by atoms with Crippen molar-refractivity contribution < 1.29 is 19.4 Å². The van der Waals surface area contributed by atoms with Crippen LogP contribution < -0.4 is 10.3 Å². The fourth-order valence-corrected chi connectivity index (χ4v) is 2.87. The van der Waals surface area contributed by atoms with Gasteiger partial charge < -0.3 is 14.6 Å². The molecule has 0 amide bonds. The van der Waals surface area contributed by atoms with E-state index in [1.807, 2.05) is 19.1 Å². The van der Waals surface area contributed by atoms with E-state index in [2.05, 4.69) is 5.10 Å². The number of hydrogen-bond donors (Lipinski definition) is 1. The average molecular weight is 382 g/mol. The molecule has 1 aromatic heterocycles. The van der Waals surface area contributed by atoms with Gasteiger partial charge in [-0.05, 0) is 44.2 Å². The van der Waals surface area contributed by atoms with Crippen molar-refractivity contribution >= 4 is 16.7 Å². The van der Waals surface area contributed by atoms with Gasteiger partial charge in [0.25, 0.3) is 5.56 Å². The highest BCUT2D eigenvalue weighted by molar-refractivity contribution is 5.89. The molecule has 0 radical (unpaired) electrons. The van der Waals surface area contributed by atoms with Gasteiger partial charge in [-0.1, -0.05) is 18.2 Å². The third-order valence-electron chi connectivity index (χ3n) is 4.24. The van der Waals surface area contributed by atoms with Crippen LogP contribution in [0.1, 0.15) is 23.0 Å². The van der Waals surface area contributed by atoms with Crippen LogP contribution in [0.15, 0.2) is 53.3 Å². The van der Waals surface area contributed by atoms with Crippen LogP contribution in [0.5, 0.6) is 5.75 Å². The summed E-state index contributed by atoms with van der Waals surface area (Å²) in [4.78, 5) is 24.2. The summed E-state index contributed by atoms with van der Waals surface area (Å²) in [6.07, 6.45) is -0.921. The van der Waals surface area contributed by atoms with E-state index in [-0.39, 0.29) is 18.7 Å². The number of aliphatic hydroxyl groups excluding tert-OH is 1. The molecule has 3 aromatic rings. The zero-order valence-electron chi connectivity index (χ0n) is 15.8. The third kappa shape index (κ3) is 4.37. The number of aliphatic hydroxyl groups is 1. The quantitative estimate of drug-likeness (QED) is 0.631. The predicted octanol–water partition coefficient (Wildman–Crippen LogP) is 2.32. The van der Waals surface area contributed by atoms with Crippen LogP contribution in [0.4, 0.5) is 0 Å². The molecule has 0 saturated carbocycles. The zero-order valence-corrected chi connectivity index (χ0v) is 15.8. The lowest BCUT2D eigenvalue weighted by atomic mass is 10.1. The van der Waals surface area contributed by atoms with Gasteiger partial charge in [0.2, 0.25) is 0 Å². The Morgan fingerprint density at radius 1 is 1.14 bits per heavy atom. The lowest BCUT2D eigenvalue weighted by Gasteiger charge is -2.14. The molecule has 1 heterocycles. The molecule has 7 heteroatoms. The van der Waals surface area contributed by atoms with Crippen molar-refractivity contribution in [2.75, 3.05) is 13.2 Å². The highest BCUT2D eigenvalue weighted by Gasteiger charge is 2.13. The molecular weight excluding hydrogens is 360 g/mol. The van der Waals surface area contributed by atoms with E-state index in [9.17, 15) is 14.7 Å². The normalized spacial score (nSPS) is 12.0. The molecule has 0 fully saturated rings. The molecule has 0 saturated heterocycles. The molecule has 0 aliphatic rings. The summed E-state index contributed by atoms with van der Waals surface area (Å²) in [5, 5.41) is 15.9. The van der Waals surface area contributed by atoms with Crippen LogP contribution in [-0.4, -0.2) is 40.2 Å². The van der Waals surface area contributed by atoms with Crippen molar-refractivity contribution in [3.63, 3.8) is 0 Å². The fraction of sp³-hybridized carbons (Fsp3) is 0.286. The Morgan fingerprint density at radius 2 is 1.82 bits per heavy atom. The molecule has 0 bridgehead atoms. The molecule has 146 valence electrons. The van der Waals surface area contributed by atoms with Crippen LogP contribution in [0, 0.1) is 6.92 Å². The predicted molar refractivity (Wildman–Crippen MR) is 105 cm³/mol. The van der Waals surface area contributed by atoms with Gasteiger partial charge in [-0.3, -0.25) is 4.79 Å². The lowest BCUT2D eigenvalue weighted by molar-refractivity contribution is 0.0526. The molecule has 0 unspecified atom stereocenters. The van der Waals surface area contributed by atoms with E-state index in [0.717, 1.165) is 11.1 Å². The first-order valence-corrected chi connectivity index (χ1v) is 9.04. The number of rotatable bonds is 7. The van der Waals surface area contributed by atoms with Gasteiger partial charge in [-0.2, -0.15) is 5.10 Å². The largest absolute Gasteiger partial charge is 0.491 e. The van der Waals surface area contributed by atoms with Gasteiger partial charge in [0, 0.05) is 5.39 Å². The molecule has 1 N–H and O–H groups in total. The number of carbonyl (C=O) groups is 1. The van der Waals surface area contributed by atoms with Crippen molar-refractivity contribution in [1.82, 2.24) is 9.78 Å². The molecule has 7 nitrogen and oxygen atoms in total. The van der Waals surface area contributed by atoms with Gasteiger partial charge in [0.15, 0.2) is 0 Å². The summed E-state index contributed by atoms with van der Waals surface area (Å²) in [7, 11) is 0. The fourth-order valence-electron chi connectivity index (χ4n) is 2.87. The Labute approximate surface area is 162 Å². The summed E-state index contributed by atoms with van der Waals surface area (Å²) in [6.45, 7) is 3.88. The number of hydrogen-bond acceptors (Lipinski definition) is 6. The second-order valence-electron chi connectivity index (χ2n) is 6.33. The number of nitrogens with zero attached hydrogens (tertiary/aromatic N) is 2. The molecule has 0 spiro atoms. The van der Waals surface area contributed by atoms with Gasteiger partial charge in [0.05, 0.1) is 29.8 Å². The van der Waals surface area contributed by atoms with Gasteiger partial charge >= 0.3 is 5.97 Å². The minimum absolute atomic E-state index is 0.0151. The maximum absolute atomic E-state index is 12.5. The number of benzene rings is 2. The van der Waals surface area contributed by atoms with Crippen molar-refractivity contribution in [2.45, 2.75) is 26.5 Å². The van der Waals surface area contributed by atoms with Crippen molar-refractivity contribution in [2.24, 2.45) is 0 Å². The molecule has 0 aliphatic carbocycles. The Morgan fingerprint density at radius 3 is 2.50 bits per heavy atom. The average Bonchev–Trinajstić information content (AvgIpc) is 2.71. The van der Waals surface area contributed by atoms with Gasteiger partial charge in [-0.25, -0.2) is 9.48 Å². The summed E-state index contributed by atoms with van der Waals surface area (Å²) < 4.78 is 11.7. The van der Waals surface area contributed by atoms with Crippen LogP contribution in [0.25, 0.3) is 10.8 Å². The first kappa shape index (κ1) is 19.6. The number of fused-ring (bicyclic) bond motifs is 1. The SMILES string of the molecule is CCOC(=O)c1ccc(OC[C@H](O)Cn2nc(C)c3ccccc3c2=O)cc1. The number of carbonyl (C=O) groups excluding carboxylic acids is 1. The van der Waals surface area contributed by atoms with E-state index in [0.29, 0.717) is 23.3 Å². The second kappa shape index (κ2) is 8.67. The van der Waals surface area contributed by atoms with Crippen LogP contribution >= 0.6 is 0 Å². The standard InChI is InChI=1S/C21H22N2O5/c1-3-27-21(26)15-8-10-17(11-9-15)28-13-16(24)12-23-20(25)19-7-5-4-6-18(19)14(2)22-23/h4-11,16,24H,3,12-13H2,1-2H3/t16-/m1/s1. The van der Waals surface area contributed by atoms with Crippen molar-refractivity contribution in [3.8, 4) is 5.75 Å². The third-order valence-corrected chi connectivity index (χ3v) is 4.24. The first-order chi connectivity index (χ1) is 13.5. The van der Waals surface area contributed by atoms with Crippen LogP contribution in [0.2, 0.25) is 0 Å². The Bertz CT molecular complexity index is 1030. The molecule has 1 atom stereocenters. The van der Waals surface area contributed by atoms with Crippen molar-refractivity contribution in [3.05, 3.63) is 70.1 Å². The van der Waals surface area contributed by atoms with Crippen molar-refractivity contribution in [1.29, 1.82) is 0 Å². The Kier molecular flexibility index (Phi) is 6.06.